The van der Waals surface area contributed by atoms with Crippen LogP contribution >= 0.6 is 11.6 Å². The van der Waals surface area contributed by atoms with Crippen LogP contribution in [0, 0.1) is 0 Å². The van der Waals surface area contributed by atoms with Gasteiger partial charge in [-0.2, -0.15) is 0 Å². The van der Waals surface area contributed by atoms with Crippen LogP contribution in [0.25, 0.3) is 10.9 Å². The molecule has 4 nitrogen and oxygen atoms in total. The molecule has 1 amide bonds. The molecule has 23 heavy (non-hydrogen) atoms. The van der Waals surface area contributed by atoms with E-state index in [0.29, 0.717) is 22.2 Å². The zero-order valence-electron chi connectivity index (χ0n) is 12.4. The average molecular weight is 347 g/mol. The number of amides is 1. The van der Waals surface area contributed by atoms with Crippen LogP contribution in [0.5, 0.6) is 0 Å². The van der Waals surface area contributed by atoms with Gasteiger partial charge in [0.1, 0.15) is 5.69 Å². The fourth-order valence-corrected chi connectivity index (χ4v) is 3.32. The van der Waals surface area contributed by atoms with Gasteiger partial charge in [0.15, 0.2) is 0 Å². The van der Waals surface area contributed by atoms with Gasteiger partial charge in [0.05, 0.1) is 0 Å². The predicted octanol–water partition coefficient (Wildman–Crippen LogP) is 3.95. The van der Waals surface area contributed by atoms with Crippen molar-refractivity contribution in [3.8, 4) is 0 Å². The topological polar surface area (TPSA) is 62.0 Å². The molecule has 0 saturated heterocycles. The Morgan fingerprint density at radius 3 is 2.74 bits per heavy atom. The van der Waals surface area contributed by atoms with E-state index in [1.165, 1.54) is 0 Å². The van der Waals surface area contributed by atoms with Gasteiger partial charge in [-0.3, -0.25) is 9.00 Å². The Bertz CT molecular complexity index is 871. The molecule has 2 aromatic carbocycles. The van der Waals surface area contributed by atoms with Crippen molar-refractivity contribution in [3.63, 3.8) is 0 Å². The first kappa shape index (κ1) is 15.8. The molecule has 118 valence electrons. The number of carbonyl (C=O) groups is 1. The van der Waals surface area contributed by atoms with Gasteiger partial charge in [-0.05, 0) is 35.9 Å². The molecule has 0 unspecified atom stereocenters. The van der Waals surface area contributed by atoms with Gasteiger partial charge in [0.25, 0.3) is 5.91 Å². The maximum Gasteiger partial charge on any atom is 0.272 e. The van der Waals surface area contributed by atoms with Gasteiger partial charge in [-0.15, -0.1) is 0 Å². The Hall–Kier alpha value is -2.11. The molecule has 0 saturated carbocycles. The monoisotopic (exact) mass is 346 g/mol. The van der Waals surface area contributed by atoms with Gasteiger partial charge in [0, 0.05) is 44.4 Å². The van der Waals surface area contributed by atoms with E-state index in [-0.39, 0.29) is 5.91 Å². The first-order chi connectivity index (χ1) is 11.0. The highest BCUT2D eigenvalue weighted by atomic mass is 35.5. The third kappa shape index (κ3) is 3.63. The summed E-state index contributed by atoms with van der Waals surface area (Å²) in [7, 11) is -0.998. The Morgan fingerprint density at radius 1 is 1.22 bits per heavy atom. The number of fused-ring (bicyclic) bond motifs is 1. The van der Waals surface area contributed by atoms with Crippen LogP contribution in [0.15, 0.2) is 48.5 Å². The van der Waals surface area contributed by atoms with Crippen LogP contribution in [0.3, 0.4) is 0 Å². The third-order valence-electron chi connectivity index (χ3n) is 3.44. The van der Waals surface area contributed by atoms with Crippen LogP contribution in [-0.4, -0.2) is 21.4 Å². The van der Waals surface area contributed by atoms with Gasteiger partial charge >= 0.3 is 0 Å². The lowest BCUT2D eigenvalue weighted by atomic mass is 10.2. The van der Waals surface area contributed by atoms with Gasteiger partial charge in [-0.1, -0.05) is 29.8 Å². The van der Waals surface area contributed by atoms with Crippen molar-refractivity contribution in [3.05, 3.63) is 64.8 Å². The van der Waals surface area contributed by atoms with Crippen molar-refractivity contribution in [2.75, 3.05) is 11.6 Å². The molecule has 2 N–H and O–H groups in total. The fraction of sp³-hybridized carbons (Fsp3) is 0.118. The molecule has 0 bridgehead atoms. The smallest absolute Gasteiger partial charge is 0.272 e. The van der Waals surface area contributed by atoms with E-state index >= 15 is 0 Å². The van der Waals surface area contributed by atoms with Crippen LogP contribution in [0.1, 0.15) is 16.1 Å². The summed E-state index contributed by atoms with van der Waals surface area (Å²) < 4.78 is 11.4. The molecule has 3 aromatic rings. The molecule has 6 heteroatoms. The van der Waals surface area contributed by atoms with E-state index in [1.807, 2.05) is 30.3 Å². The van der Waals surface area contributed by atoms with Crippen LogP contribution in [0.4, 0.5) is 5.69 Å². The molecule has 0 aliphatic heterocycles. The molecule has 0 fully saturated rings. The summed E-state index contributed by atoms with van der Waals surface area (Å²) in [5.74, 6) is 0.127. The maximum absolute atomic E-state index is 12.4. The Kier molecular flexibility index (Phi) is 4.50. The number of halogens is 1. The molecule has 0 aliphatic rings. The van der Waals surface area contributed by atoms with E-state index in [2.05, 4.69) is 10.3 Å². The first-order valence-corrected chi connectivity index (χ1v) is 9.11. The lowest BCUT2D eigenvalue weighted by molar-refractivity contribution is 0.102. The maximum atomic E-state index is 12.4. The number of rotatable bonds is 4. The summed E-state index contributed by atoms with van der Waals surface area (Å²) in [6.07, 6.45) is 1.62. The highest BCUT2D eigenvalue weighted by Gasteiger charge is 2.11. The number of hydrogen-bond acceptors (Lipinski definition) is 2. The standard InChI is InChI=1S/C17H15ClN2O2S/c1-23(22)10-12-8-13(6-7-14(12)18)19-17(21)16-9-11-4-2-3-5-15(11)20-16/h2-9,20H,10H2,1H3,(H,19,21)/t23-/m0/s1. The lowest BCUT2D eigenvalue weighted by Crippen LogP contribution is -2.12. The van der Waals surface area contributed by atoms with E-state index in [1.54, 1.807) is 24.5 Å². The van der Waals surface area contributed by atoms with Crippen molar-refractivity contribution >= 4 is 44.9 Å². The summed E-state index contributed by atoms with van der Waals surface area (Å²) >= 11 is 6.09. The zero-order valence-corrected chi connectivity index (χ0v) is 14.0. The number of anilines is 1. The summed E-state index contributed by atoms with van der Waals surface area (Å²) in [4.78, 5) is 15.5. The Balaban J connectivity index is 1.83. The van der Waals surface area contributed by atoms with Crippen molar-refractivity contribution in [1.29, 1.82) is 0 Å². The van der Waals surface area contributed by atoms with Crippen molar-refractivity contribution in [2.45, 2.75) is 5.75 Å². The van der Waals surface area contributed by atoms with E-state index < -0.39 is 10.8 Å². The number of hydrogen-bond donors (Lipinski definition) is 2. The summed E-state index contributed by atoms with van der Waals surface area (Å²) in [6, 6.07) is 14.7. The minimum Gasteiger partial charge on any atom is -0.351 e. The molecular formula is C17H15ClN2O2S. The van der Waals surface area contributed by atoms with Crippen molar-refractivity contribution < 1.29 is 9.00 Å². The number of aromatic amines is 1. The largest absolute Gasteiger partial charge is 0.351 e. The molecular weight excluding hydrogens is 332 g/mol. The van der Waals surface area contributed by atoms with E-state index in [0.717, 1.165) is 16.5 Å². The fourth-order valence-electron chi connectivity index (χ4n) is 2.38. The normalized spacial score (nSPS) is 12.3. The zero-order chi connectivity index (χ0) is 16.4. The molecule has 1 aromatic heterocycles. The van der Waals surface area contributed by atoms with Crippen LogP contribution in [-0.2, 0) is 16.6 Å². The second kappa shape index (κ2) is 6.56. The Labute approximate surface area is 141 Å². The number of benzene rings is 2. The highest BCUT2D eigenvalue weighted by molar-refractivity contribution is 7.83. The third-order valence-corrected chi connectivity index (χ3v) is 4.52. The van der Waals surface area contributed by atoms with Crippen LogP contribution < -0.4 is 5.32 Å². The number of para-hydroxylation sites is 1. The molecule has 0 radical (unpaired) electrons. The van der Waals surface area contributed by atoms with Gasteiger partial charge < -0.3 is 10.3 Å². The summed E-state index contributed by atoms with van der Waals surface area (Å²) in [5.41, 5.74) is 2.78. The molecule has 0 aliphatic carbocycles. The van der Waals surface area contributed by atoms with Crippen molar-refractivity contribution in [2.24, 2.45) is 0 Å². The van der Waals surface area contributed by atoms with Gasteiger partial charge in [0.2, 0.25) is 0 Å². The molecule has 3 rings (SSSR count). The minimum absolute atomic E-state index is 0.230. The van der Waals surface area contributed by atoms with Crippen LogP contribution in [0.2, 0.25) is 5.02 Å². The summed E-state index contributed by atoms with van der Waals surface area (Å²) in [5, 5.41) is 4.36. The molecule has 1 atom stereocenters. The molecule has 0 spiro atoms. The quantitative estimate of drug-likeness (QED) is 0.751. The van der Waals surface area contributed by atoms with E-state index in [4.69, 9.17) is 11.6 Å². The number of aromatic nitrogens is 1. The minimum atomic E-state index is -0.998. The first-order valence-electron chi connectivity index (χ1n) is 7.00. The number of nitrogens with one attached hydrogen (secondary N) is 2. The average Bonchev–Trinajstić information content (AvgIpc) is 2.94. The van der Waals surface area contributed by atoms with E-state index in [9.17, 15) is 9.00 Å². The number of carbonyl (C=O) groups excluding carboxylic acids is 1. The summed E-state index contributed by atoms with van der Waals surface area (Å²) in [6.45, 7) is 0. The van der Waals surface area contributed by atoms with Crippen molar-refractivity contribution in [1.82, 2.24) is 4.98 Å². The molecule has 1 heterocycles. The lowest BCUT2D eigenvalue weighted by Gasteiger charge is -2.08. The second-order valence-corrected chi connectivity index (χ2v) is 7.09. The SMILES string of the molecule is C[S@](=O)Cc1cc(NC(=O)c2cc3ccccc3[nH]2)ccc1Cl. The van der Waals surface area contributed by atoms with Gasteiger partial charge in [-0.25, -0.2) is 0 Å². The second-order valence-electron chi connectivity index (χ2n) is 5.25. The predicted molar refractivity (Wildman–Crippen MR) is 95.5 cm³/mol. The Morgan fingerprint density at radius 2 is 2.00 bits per heavy atom. The highest BCUT2D eigenvalue weighted by Crippen LogP contribution is 2.23. The number of H-pyrrole nitrogens is 1.